The van der Waals surface area contributed by atoms with Crippen molar-refractivity contribution in [2.75, 3.05) is 6.61 Å². The van der Waals surface area contributed by atoms with Crippen molar-refractivity contribution in [2.24, 2.45) is 5.10 Å². The van der Waals surface area contributed by atoms with Crippen molar-refractivity contribution in [1.82, 2.24) is 5.43 Å². The number of benzene rings is 2. The van der Waals surface area contributed by atoms with Gasteiger partial charge in [-0.05, 0) is 61.1 Å². The maximum Gasteiger partial charge on any atom is 0.277 e. The SMILES string of the molecule is C/C(=N\NC(=O)COc1cc(C)c(Cl)c(C)c1)c1ccc(C(C)C)cc1. The van der Waals surface area contributed by atoms with Gasteiger partial charge in [0.25, 0.3) is 5.91 Å². The minimum Gasteiger partial charge on any atom is -0.484 e. The first kappa shape index (κ1) is 20.0. The summed E-state index contributed by atoms with van der Waals surface area (Å²) in [5.41, 5.74) is 7.35. The van der Waals surface area contributed by atoms with Gasteiger partial charge < -0.3 is 4.74 Å². The van der Waals surface area contributed by atoms with E-state index in [1.807, 2.05) is 45.0 Å². The molecule has 0 aliphatic carbocycles. The molecule has 0 heterocycles. The quantitative estimate of drug-likeness (QED) is 0.573. The van der Waals surface area contributed by atoms with E-state index in [0.29, 0.717) is 16.7 Å². The molecule has 26 heavy (non-hydrogen) atoms. The predicted octanol–water partition coefficient (Wildman–Crippen LogP) is 5.00. The Balaban J connectivity index is 1.92. The van der Waals surface area contributed by atoms with Crippen LogP contribution in [0.3, 0.4) is 0 Å². The lowest BCUT2D eigenvalue weighted by Gasteiger charge is -2.10. The molecule has 1 amide bonds. The number of hydrogen-bond donors (Lipinski definition) is 1. The van der Waals surface area contributed by atoms with Crippen LogP contribution in [-0.4, -0.2) is 18.2 Å². The molecule has 0 fully saturated rings. The molecule has 0 atom stereocenters. The standard InChI is InChI=1S/C21H25ClN2O2/c1-13(2)17-6-8-18(9-7-17)16(5)23-24-20(25)12-26-19-10-14(3)21(22)15(4)11-19/h6-11,13H,12H2,1-5H3,(H,24,25)/b23-16+. The molecule has 1 N–H and O–H groups in total. The van der Waals surface area contributed by atoms with Gasteiger partial charge in [0.1, 0.15) is 5.75 Å². The maximum absolute atomic E-state index is 12.0. The Morgan fingerprint density at radius 2 is 1.73 bits per heavy atom. The third kappa shape index (κ3) is 5.33. The zero-order chi connectivity index (χ0) is 19.3. The topological polar surface area (TPSA) is 50.7 Å². The van der Waals surface area contributed by atoms with E-state index in [-0.39, 0.29) is 12.5 Å². The molecule has 0 spiro atoms. The van der Waals surface area contributed by atoms with Crippen molar-refractivity contribution in [3.63, 3.8) is 0 Å². The van der Waals surface area contributed by atoms with Crippen molar-refractivity contribution < 1.29 is 9.53 Å². The molecule has 0 aliphatic rings. The maximum atomic E-state index is 12.0. The third-order valence-electron chi connectivity index (χ3n) is 4.12. The van der Waals surface area contributed by atoms with E-state index in [2.05, 4.69) is 36.5 Å². The van der Waals surface area contributed by atoms with E-state index in [1.165, 1.54) is 5.56 Å². The Morgan fingerprint density at radius 1 is 1.15 bits per heavy atom. The highest BCUT2D eigenvalue weighted by atomic mass is 35.5. The predicted molar refractivity (Wildman–Crippen MR) is 107 cm³/mol. The number of carbonyl (C=O) groups is 1. The smallest absolute Gasteiger partial charge is 0.277 e. The van der Waals surface area contributed by atoms with Crippen LogP contribution in [0, 0.1) is 13.8 Å². The number of amides is 1. The number of hydrogen-bond acceptors (Lipinski definition) is 3. The Kier molecular flexibility index (Phi) is 6.81. The van der Waals surface area contributed by atoms with Crippen molar-refractivity contribution >= 4 is 23.2 Å². The first-order valence-corrected chi connectivity index (χ1v) is 8.98. The lowest BCUT2D eigenvalue weighted by atomic mass is 10.0. The van der Waals surface area contributed by atoms with E-state index < -0.39 is 0 Å². The molecule has 0 saturated heterocycles. The fraction of sp³-hybridized carbons (Fsp3) is 0.333. The van der Waals surface area contributed by atoms with Gasteiger partial charge >= 0.3 is 0 Å². The molecule has 0 saturated carbocycles. The Morgan fingerprint density at radius 3 is 2.27 bits per heavy atom. The van der Waals surface area contributed by atoms with E-state index >= 15 is 0 Å². The zero-order valence-corrected chi connectivity index (χ0v) is 16.6. The van der Waals surface area contributed by atoms with Gasteiger partial charge in [0.05, 0.1) is 5.71 Å². The second-order valence-corrected chi connectivity index (χ2v) is 7.05. The van der Waals surface area contributed by atoms with Crippen LogP contribution < -0.4 is 10.2 Å². The van der Waals surface area contributed by atoms with E-state index in [9.17, 15) is 4.79 Å². The number of carbonyl (C=O) groups excluding carboxylic acids is 1. The summed E-state index contributed by atoms with van der Waals surface area (Å²) in [4.78, 5) is 12.0. The van der Waals surface area contributed by atoms with Crippen LogP contribution in [0.1, 0.15) is 48.9 Å². The van der Waals surface area contributed by atoms with Gasteiger partial charge in [-0.25, -0.2) is 5.43 Å². The molecule has 5 heteroatoms. The molecule has 138 valence electrons. The minimum atomic E-state index is -0.312. The van der Waals surface area contributed by atoms with Crippen LogP contribution in [0.15, 0.2) is 41.5 Å². The van der Waals surface area contributed by atoms with Gasteiger partial charge in [-0.1, -0.05) is 49.7 Å². The Hall–Kier alpha value is -2.33. The average molecular weight is 373 g/mol. The number of ether oxygens (including phenoxy) is 1. The third-order valence-corrected chi connectivity index (χ3v) is 4.72. The van der Waals surface area contributed by atoms with Gasteiger partial charge in [-0.3, -0.25) is 4.79 Å². The molecule has 2 rings (SSSR count). The molecule has 0 aromatic heterocycles. The minimum absolute atomic E-state index is 0.108. The molecule has 0 bridgehead atoms. The summed E-state index contributed by atoms with van der Waals surface area (Å²) in [6, 6.07) is 11.8. The van der Waals surface area contributed by atoms with Crippen LogP contribution >= 0.6 is 11.6 Å². The van der Waals surface area contributed by atoms with Gasteiger partial charge in [-0.15, -0.1) is 0 Å². The van der Waals surface area contributed by atoms with Gasteiger partial charge in [0.2, 0.25) is 0 Å². The van der Waals surface area contributed by atoms with Gasteiger partial charge in [0.15, 0.2) is 6.61 Å². The highest BCUT2D eigenvalue weighted by Crippen LogP contribution is 2.25. The summed E-state index contributed by atoms with van der Waals surface area (Å²) in [7, 11) is 0. The Bertz CT molecular complexity index is 788. The van der Waals surface area contributed by atoms with Crippen molar-refractivity contribution in [1.29, 1.82) is 0 Å². The first-order valence-electron chi connectivity index (χ1n) is 8.61. The molecular weight excluding hydrogens is 348 g/mol. The first-order chi connectivity index (χ1) is 12.3. The van der Waals surface area contributed by atoms with E-state index in [1.54, 1.807) is 0 Å². The molecule has 2 aromatic carbocycles. The normalized spacial score (nSPS) is 11.6. The highest BCUT2D eigenvalue weighted by molar-refractivity contribution is 6.32. The molecule has 0 aliphatic heterocycles. The van der Waals surface area contributed by atoms with Crippen LogP contribution in [0.2, 0.25) is 5.02 Å². The summed E-state index contributed by atoms with van der Waals surface area (Å²) in [6.07, 6.45) is 0. The van der Waals surface area contributed by atoms with Crippen LogP contribution in [-0.2, 0) is 4.79 Å². The number of nitrogens with one attached hydrogen (secondary N) is 1. The lowest BCUT2D eigenvalue weighted by Crippen LogP contribution is -2.25. The Labute approximate surface area is 160 Å². The summed E-state index contributed by atoms with van der Waals surface area (Å²) in [5.74, 6) is 0.788. The van der Waals surface area contributed by atoms with Crippen LogP contribution in [0.4, 0.5) is 0 Å². The highest BCUT2D eigenvalue weighted by Gasteiger charge is 2.07. The second kappa shape index (κ2) is 8.86. The fourth-order valence-corrected chi connectivity index (χ4v) is 2.60. The summed E-state index contributed by atoms with van der Waals surface area (Å²) < 4.78 is 5.52. The van der Waals surface area contributed by atoms with E-state index in [0.717, 1.165) is 22.4 Å². The fourth-order valence-electron chi connectivity index (χ4n) is 2.49. The molecule has 4 nitrogen and oxygen atoms in total. The molecule has 0 unspecified atom stereocenters. The average Bonchev–Trinajstić information content (AvgIpc) is 2.62. The summed E-state index contributed by atoms with van der Waals surface area (Å²) in [5, 5.41) is 4.86. The molecule has 0 radical (unpaired) electrons. The van der Waals surface area contributed by atoms with Gasteiger partial charge in [0, 0.05) is 5.02 Å². The second-order valence-electron chi connectivity index (χ2n) is 6.67. The van der Waals surface area contributed by atoms with Crippen molar-refractivity contribution in [2.45, 2.75) is 40.5 Å². The lowest BCUT2D eigenvalue weighted by molar-refractivity contribution is -0.123. The monoisotopic (exact) mass is 372 g/mol. The largest absolute Gasteiger partial charge is 0.484 e. The van der Waals surface area contributed by atoms with Crippen molar-refractivity contribution in [3.8, 4) is 5.75 Å². The van der Waals surface area contributed by atoms with Crippen molar-refractivity contribution in [3.05, 3.63) is 63.7 Å². The molecular formula is C21H25ClN2O2. The van der Waals surface area contributed by atoms with Crippen LogP contribution in [0.5, 0.6) is 5.75 Å². The summed E-state index contributed by atoms with van der Waals surface area (Å²) >= 11 is 6.13. The van der Waals surface area contributed by atoms with Gasteiger partial charge in [-0.2, -0.15) is 5.10 Å². The number of nitrogens with zero attached hydrogens (tertiary/aromatic N) is 1. The number of halogens is 1. The zero-order valence-electron chi connectivity index (χ0n) is 15.9. The number of rotatable bonds is 6. The number of hydrazone groups is 1. The van der Waals surface area contributed by atoms with Crippen LogP contribution in [0.25, 0.3) is 0 Å². The molecule has 2 aromatic rings. The number of aryl methyl sites for hydroxylation is 2. The van der Waals surface area contributed by atoms with E-state index in [4.69, 9.17) is 16.3 Å². The summed E-state index contributed by atoms with van der Waals surface area (Å²) in [6.45, 7) is 9.86.